The van der Waals surface area contributed by atoms with Crippen LogP contribution >= 0.6 is 15.9 Å². The van der Waals surface area contributed by atoms with Gasteiger partial charge in [-0.25, -0.2) is 0 Å². The zero-order valence-corrected chi connectivity index (χ0v) is 12.2. The van der Waals surface area contributed by atoms with Crippen LogP contribution < -0.4 is 5.32 Å². The monoisotopic (exact) mass is 349 g/mol. The van der Waals surface area contributed by atoms with Crippen molar-refractivity contribution >= 4 is 27.3 Å². The van der Waals surface area contributed by atoms with Gasteiger partial charge in [-0.3, -0.25) is 10.1 Å². The second-order valence-electron chi connectivity index (χ2n) is 4.17. The summed E-state index contributed by atoms with van der Waals surface area (Å²) < 4.78 is 14.6. The van der Waals surface area contributed by atoms with Gasteiger partial charge in [0.25, 0.3) is 0 Å². The summed E-state index contributed by atoms with van der Waals surface area (Å²) in [5.41, 5.74) is 0.808. The van der Waals surface area contributed by atoms with E-state index in [1.165, 1.54) is 12.1 Å². The smallest absolute Gasteiger partial charge is 0.305 e. The second kappa shape index (κ2) is 6.33. The maximum atomic E-state index is 13.9. The van der Waals surface area contributed by atoms with Gasteiger partial charge < -0.3 is 5.32 Å². The van der Waals surface area contributed by atoms with Gasteiger partial charge in [-0.2, -0.15) is 9.65 Å². The normalized spacial score (nSPS) is 9.95. The predicted molar refractivity (Wildman–Crippen MR) is 79.2 cm³/mol. The molecule has 2 rings (SSSR count). The van der Waals surface area contributed by atoms with Gasteiger partial charge in [0.1, 0.15) is 0 Å². The minimum absolute atomic E-state index is 0.0953. The maximum absolute atomic E-state index is 13.9. The lowest BCUT2D eigenvalue weighted by Crippen LogP contribution is -2.04. The van der Waals surface area contributed by atoms with Crippen molar-refractivity contribution in [3.05, 3.63) is 67.9 Å². The van der Waals surface area contributed by atoms with Crippen molar-refractivity contribution in [1.82, 2.24) is 0 Å². The molecule has 2 aromatic carbocycles. The van der Waals surface area contributed by atoms with E-state index in [1.54, 1.807) is 18.2 Å². The Balaban J connectivity index is 2.19. The van der Waals surface area contributed by atoms with Crippen LogP contribution in [0.25, 0.3) is 0 Å². The molecule has 106 valence electrons. The molecule has 0 saturated heterocycles. The number of halogens is 2. The number of nitro groups is 1. The van der Waals surface area contributed by atoms with Crippen molar-refractivity contribution < 1.29 is 9.31 Å². The van der Waals surface area contributed by atoms with Crippen LogP contribution in [-0.4, -0.2) is 4.92 Å². The van der Waals surface area contributed by atoms with Crippen molar-refractivity contribution in [1.29, 1.82) is 5.26 Å². The fourth-order valence-electron chi connectivity index (χ4n) is 1.76. The molecule has 0 atom stereocenters. The topological polar surface area (TPSA) is 79.0 Å². The summed E-state index contributed by atoms with van der Waals surface area (Å²) >= 11 is 3.30. The molecule has 0 aromatic heterocycles. The fourth-order valence-corrected chi connectivity index (χ4v) is 2.28. The van der Waals surface area contributed by atoms with Crippen molar-refractivity contribution in [2.45, 2.75) is 6.54 Å². The van der Waals surface area contributed by atoms with E-state index in [0.717, 1.165) is 6.07 Å². The summed E-state index contributed by atoms with van der Waals surface area (Å²) in [4.78, 5) is 9.93. The number of anilines is 1. The van der Waals surface area contributed by atoms with E-state index in [1.807, 2.05) is 6.07 Å². The molecule has 0 radical (unpaired) electrons. The maximum Gasteiger partial charge on any atom is 0.305 e. The first-order valence-corrected chi connectivity index (χ1v) is 6.67. The molecule has 0 amide bonds. The summed E-state index contributed by atoms with van der Waals surface area (Å²) in [7, 11) is 0. The molecule has 0 fully saturated rings. The Morgan fingerprint density at radius 3 is 2.76 bits per heavy atom. The van der Waals surface area contributed by atoms with Gasteiger partial charge in [0.05, 0.1) is 16.6 Å². The lowest BCUT2D eigenvalue weighted by Gasteiger charge is -2.09. The lowest BCUT2D eigenvalue weighted by atomic mass is 10.1. The van der Waals surface area contributed by atoms with Crippen LogP contribution in [-0.2, 0) is 6.54 Å². The minimum Gasteiger partial charge on any atom is -0.380 e. The molecule has 0 aliphatic heterocycles. The lowest BCUT2D eigenvalue weighted by molar-refractivity contribution is -0.387. The van der Waals surface area contributed by atoms with E-state index in [9.17, 15) is 14.5 Å². The molecule has 0 aliphatic carbocycles. The predicted octanol–water partition coefficient (Wildman–Crippen LogP) is 3.98. The van der Waals surface area contributed by atoms with E-state index < -0.39 is 16.4 Å². The molecule has 0 aliphatic rings. The zero-order valence-electron chi connectivity index (χ0n) is 10.6. The third kappa shape index (κ3) is 3.35. The van der Waals surface area contributed by atoms with Gasteiger partial charge in [0.2, 0.25) is 5.82 Å². The Kier molecular flexibility index (Phi) is 4.50. The van der Waals surface area contributed by atoms with Crippen molar-refractivity contribution in [2.75, 3.05) is 5.32 Å². The summed E-state index contributed by atoms with van der Waals surface area (Å²) in [6.07, 6.45) is 0. The molecule has 2 aromatic rings. The molecule has 0 heterocycles. The molecule has 1 N–H and O–H groups in total. The van der Waals surface area contributed by atoms with Crippen LogP contribution in [0.3, 0.4) is 0 Å². The molecule has 21 heavy (non-hydrogen) atoms. The van der Waals surface area contributed by atoms with Crippen LogP contribution in [0.1, 0.15) is 11.1 Å². The number of nitro benzene ring substituents is 1. The van der Waals surface area contributed by atoms with Gasteiger partial charge in [-0.1, -0.05) is 12.1 Å². The highest BCUT2D eigenvalue weighted by molar-refractivity contribution is 9.10. The first kappa shape index (κ1) is 14.9. The Bertz CT molecular complexity index is 743. The summed E-state index contributed by atoms with van der Waals surface area (Å²) in [6.45, 7) is 0.0953. The molecule has 5 nitrogen and oxygen atoms in total. The van der Waals surface area contributed by atoms with Gasteiger partial charge >= 0.3 is 5.69 Å². The zero-order chi connectivity index (χ0) is 15.4. The van der Waals surface area contributed by atoms with Crippen molar-refractivity contribution in [3.63, 3.8) is 0 Å². The standard InChI is InChI=1S/C14H9BrFN3O2/c15-11-6-9(7-17)4-5-12(11)18-8-10-2-1-3-13(14(10)16)19(20)21/h1-6,18H,8H2. The van der Waals surface area contributed by atoms with Gasteiger partial charge in [-0.05, 0) is 34.1 Å². The SMILES string of the molecule is N#Cc1ccc(NCc2cccc([N+](=O)[O-])c2F)c(Br)c1. The van der Waals surface area contributed by atoms with Crippen molar-refractivity contribution in [2.24, 2.45) is 0 Å². The molecular weight excluding hydrogens is 341 g/mol. The van der Waals surface area contributed by atoms with Crippen molar-refractivity contribution in [3.8, 4) is 6.07 Å². The third-order valence-electron chi connectivity index (χ3n) is 2.82. The van der Waals surface area contributed by atoms with Crippen LogP contribution in [0.15, 0.2) is 40.9 Å². The number of benzene rings is 2. The quantitative estimate of drug-likeness (QED) is 0.668. The summed E-state index contributed by atoms with van der Waals surface area (Å²) in [5, 5.41) is 22.4. The molecule has 7 heteroatoms. The van der Waals surface area contributed by atoms with Gasteiger partial charge in [0, 0.05) is 28.3 Å². The number of nitrogens with zero attached hydrogens (tertiary/aromatic N) is 2. The molecule has 0 bridgehead atoms. The largest absolute Gasteiger partial charge is 0.380 e. The highest BCUT2D eigenvalue weighted by atomic mass is 79.9. The van der Waals surface area contributed by atoms with E-state index in [2.05, 4.69) is 21.2 Å². The summed E-state index contributed by atoms with van der Waals surface area (Å²) in [6, 6.07) is 11.0. The van der Waals surface area contributed by atoms with Crippen LogP contribution in [0.2, 0.25) is 0 Å². The van der Waals surface area contributed by atoms with Crippen LogP contribution in [0.4, 0.5) is 15.8 Å². The van der Waals surface area contributed by atoms with Crippen LogP contribution in [0, 0.1) is 27.3 Å². The number of nitriles is 1. The van der Waals surface area contributed by atoms with E-state index in [4.69, 9.17) is 5.26 Å². The number of rotatable bonds is 4. The number of hydrogen-bond donors (Lipinski definition) is 1. The Morgan fingerprint density at radius 2 is 2.14 bits per heavy atom. The number of hydrogen-bond acceptors (Lipinski definition) is 4. The fraction of sp³-hybridized carbons (Fsp3) is 0.0714. The molecule has 0 spiro atoms. The molecule has 0 saturated carbocycles. The number of nitrogens with one attached hydrogen (secondary N) is 1. The third-order valence-corrected chi connectivity index (χ3v) is 3.48. The molecule has 0 unspecified atom stereocenters. The second-order valence-corrected chi connectivity index (χ2v) is 5.02. The van der Waals surface area contributed by atoms with Gasteiger partial charge in [0.15, 0.2) is 0 Å². The Labute approximate surface area is 128 Å². The highest BCUT2D eigenvalue weighted by Crippen LogP contribution is 2.25. The average Bonchev–Trinajstić information content (AvgIpc) is 2.46. The van der Waals surface area contributed by atoms with E-state index >= 15 is 0 Å². The Hall–Kier alpha value is -2.46. The molecular formula is C14H9BrFN3O2. The first-order chi connectivity index (χ1) is 10.0. The van der Waals surface area contributed by atoms with E-state index in [0.29, 0.717) is 15.7 Å². The summed E-state index contributed by atoms with van der Waals surface area (Å²) in [5.74, 6) is -0.847. The first-order valence-electron chi connectivity index (χ1n) is 5.88. The minimum atomic E-state index is -0.847. The van der Waals surface area contributed by atoms with E-state index in [-0.39, 0.29) is 12.1 Å². The highest BCUT2D eigenvalue weighted by Gasteiger charge is 2.16. The average molecular weight is 350 g/mol. The van der Waals surface area contributed by atoms with Crippen LogP contribution in [0.5, 0.6) is 0 Å². The Morgan fingerprint density at radius 1 is 1.38 bits per heavy atom. The van der Waals surface area contributed by atoms with Gasteiger partial charge in [-0.15, -0.1) is 0 Å².